The Balaban J connectivity index is 1.74. The van der Waals surface area contributed by atoms with Crippen LogP contribution in [0.15, 0.2) is 60.1 Å². The van der Waals surface area contributed by atoms with E-state index in [1.165, 1.54) is 28.2 Å². The molecule has 1 aromatic carbocycles. The molecule has 4 aromatic rings. The molecule has 0 unspecified atom stereocenters. The Kier molecular flexibility index (Phi) is 4.47. The first-order valence-corrected chi connectivity index (χ1v) is 8.99. The Morgan fingerprint density at radius 3 is 2.67 bits per heavy atom. The van der Waals surface area contributed by atoms with Crippen molar-refractivity contribution < 1.29 is 9.18 Å². The molecule has 3 heterocycles. The molecule has 1 amide bonds. The normalized spacial score (nSPS) is 10.7. The average Bonchev–Trinajstić information content (AvgIpc) is 3.33. The number of carbonyl (C=O) groups is 1. The van der Waals surface area contributed by atoms with Crippen LogP contribution in [0.5, 0.6) is 0 Å². The summed E-state index contributed by atoms with van der Waals surface area (Å²) in [5, 5.41) is 8.98. The van der Waals surface area contributed by atoms with E-state index in [9.17, 15) is 9.18 Å². The highest BCUT2D eigenvalue weighted by atomic mass is 32.1. The SMILES string of the molecule is Cc1cccnc1NC(=O)c1nc(-c2cccs2)n(-c2ccc(F)cc2)n1. The van der Waals surface area contributed by atoms with Crippen LogP contribution in [-0.4, -0.2) is 25.7 Å². The maximum atomic E-state index is 13.3. The van der Waals surface area contributed by atoms with Crippen LogP contribution < -0.4 is 5.32 Å². The highest BCUT2D eigenvalue weighted by molar-refractivity contribution is 7.13. The molecule has 0 radical (unpaired) electrons. The lowest BCUT2D eigenvalue weighted by molar-refractivity contribution is 0.101. The lowest BCUT2D eigenvalue weighted by atomic mass is 10.3. The number of nitrogens with zero attached hydrogens (tertiary/aromatic N) is 4. The standard InChI is InChI=1S/C19H14FN5OS/c1-12-4-2-10-21-16(12)23-19(26)17-22-18(15-5-3-11-27-15)25(24-17)14-8-6-13(20)7-9-14/h2-11H,1H3,(H,21,23,26). The van der Waals surface area contributed by atoms with E-state index in [0.717, 1.165) is 10.4 Å². The van der Waals surface area contributed by atoms with Crippen molar-refractivity contribution in [3.63, 3.8) is 0 Å². The number of nitrogens with one attached hydrogen (secondary N) is 1. The van der Waals surface area contributed by atoms with E-state index in [1.807, 2.05) is 30.5 Å². The summed E-state index contributed by atoms with van der Waals surface area (Å²) in [5.74, 6) is 0.168. The Labute approximate surface area is 158 Å². The molecule has 8 heteroatoms. The van der Waals surface area contributed by atoms with E-state index in [-0.39, 0.29) is 11.6 Å². The molecule has 1 N–H and O–H groups in total. The Morgan fingerprint density at radius 2 is 1.96 bits per heavy atom. The number of hydrogen-bond acceptors (Lipinski definition) is 5. The zero-order valence-corrected chi connectivity index (χ0v) is 15.1. The minimum atomic E-state index is -0.463. The molecule has 134 valence electrons. The van der Waals surface area contributed by atoms with Gasteiger partial charge in [0.15, 0.2) is 5.82 Å². The van der Waals surface area contributed by atoms with Crippen LogP contribution >= 0.6 is 11.3 Å². The molecular formula is C19H14FN5OS. The number of amides is 1. The maximum absolute atomic E-state index is 13.3. The number of carbonyl (C=O) groups excluding carboxylic acids is 1. The van der Waals surface area contributed by atoms with Crippen LogP contribution in [0.1, 0.15) is 16.2 Å². The minimum Gasteiger partial charge on any atom is -0.304 e. The Hall–Kier alpha value is -3.39. The molecular weight excluding hydrogens is 365 g/mol. The van der Waals surface area contributed by atoms with Crippen LogP contribution in [0, 0.1) is 12.7 Å². The number of rotatable bonds is 4. The van der Waals surface area contributed by atoms with Crippen molar-refractivity contribution in [2.75, 3.05) is 5.32 Å². The van der Waals surface area contributed by atoms with Gasteiger partial charge in [0.05, 0.1) is 10.6 Å². The molecule has 0 aliphatic carbocycles. The minimum absolute atomic E-state index is 0.00720. The Bertz CT molecular complexity index is 1090. The van der Waals surface area contributed by atoms with E-state index in [1.54, 1.807) is 24.4 Å². The summed E-state index contributed by atoms with van der Waals surface area (Å²) in [7, 11) is 0. The number of aromatic nitrogens is 4. The molecule has 27 heavy (non-hydrogen) atoms. The number of benzene rings is 1. The molecule has 4 rings (SSSR count). The topological polar surface area (TPSA) is 72.7 Å². The second kappa shape index (κ2) is 7.08. The fourth-order valence-electron chi connectivity index (χ4n) is 2.52. The highest BCUT2D eigenvalue weighted by Gasteiger charge is 2.20. The van der Waals surface area contributed by atoms with Gasteiger partial charge in [0, 0.05) is 6.20 Å². The molecule has 6 nitrogen and oxygen atoms in total. The van der Waals surface area contributed by atoms with Gasteiger partial charge in [-0.3, -0.25) is 4.79 Å². The Morgan fingerprint density at radius 1 is 1.15 bits per heavy atom. The third kappa shape index (κ3) is 3.47. The number of aryl methyl sites for hydroxylation is 1. The first-order chi connectivity index (χ1) is 13.1. The summed E-state index contributed by atoms with van der Waals surface area (Å²) in [6.45, 7) is 1.85. The van der Waals surface area contributed by atoms with Crippen LogP contribution in [0.4, 0.5) is 10.2 Å². The van der Waals surface area contributed by atoms with Gasteiger partial charge in [-0.15, -0.1) is 16.4 Å². The van der Waals surface area contributed by atoms with Gasteiger partial charge in [-0.05, 0) is 54.3 Å². The van der Waals surface area contributed by atoms with E-state index in [0.29, 0.717) is 17.3 Å². The third-order valence-electron chi connectivity index (χ3n) is 3.86. The van der Waals surface area contributed by atoms with Gasteiger partial charge in [0.25, 0.3) is 5.91 Å². The fourth-order valence-corrected chi connectivity index (χ4v) is 3.21. The summed E-state index contributed by atoms with van der Waals surface area (Å²) >= 11 is 1.48. The van der Waals surface area contributed by atoms with Gasteiger partial charge in [-0.2, -0.15) is 0 Å². The summed E-state index contributed by atoms with van der Waals surface area (Å²) in [6, 6.07) is 13.3. The van der Waals surface area contributed by atoms with Gasteiger partial charge in [0.1, 0.15) is 11.6 Å². The van der Waals surface area contributed by atoms with Gasteiger partial charge < -0.3 is 5.32 Å². The number of halogens is 1. The van der Waals surface area contributed by atoms with Crippen LogP contribution in [0.25, 0.3) is 16.4 Å². The van der Waals surface area contributed by atoms with Crippen molar-refractivity contribution in [3.05, 3.63) is 77.3 Å². The predicted octanol–water partition coefficient (Wildman–Crippen LogP) is 4.09. The number of thiophene rings is 1. The average molecular weight is 379 g/mol. The second-order valence-corrected chi connectivity index (χ2v) is 6.70. The van der Waals surface area contributed by atoms with Crippen molar-refractivity contribution in [2.45, 2.75) is 6.92 Å². The molecule has 0 saturated carbocycles. The van der Waals surface area contributed by atoms with Crippen molar-refractivity contribution in [1.82, 2.24) is 19.7 Å². The fraction of sp³-hybridized carbons (Fsp3) is 0.0526. The van der Waals surface area contributed by atoms with Gasteiger partial charge >= 0.3 is 0 Å². The zero-order chi connectivity index (χ0) is 18.8. The molecule has 0 atom stereocenters. The molecule has 0 saturated heterocycles. The highest BCUT2D eigenvalue weighted by Crippen LogP contribution is 2.26. The summed E-state index contributed by atoms with van der Waals surface area (Å²) < 4.78 is 14.8. The van der Waals surface area contributed by atoms with Crippen molar-refractivity contribution >= 4 is 23.1 Å². The van der Waals surface area contributed by atoms with Crippen molar-refractivity contribution in [3.8, 4) is 16.4 Å². The van der Waals surface area contributed by atoms with Gasteiger partial charge in [-0.1, -0.05) is 12.1 Å². The number of pyridine rings is 1. The van der Waals surface area contributed by atoms with Crippen LogP contribution in [-0.2, 0) is 0 Å². The lowest BCUT2D eigenvalue weighted by Crippen LogP contribution is -2.16. The molecule has 0 fully saturated rings. The van der Waals surface area contributed by atoms with Crippen LogP contribution in [0.2, 0.25) is 0 Å². The molecule has 3 aromatic heterocycles. The second-order valence-electron chi connectivity index (χ2n) is 5.75. The number of anilines is 1. The van der Waals surface area contributed by atoms with Crippen LogP contribution in [0.3, 0.4) is 0 Å². The largest absolute Gasteiger partial charge is 0.304 e. The smallest absolute Gasteiger partial charge is 0.296 e. The van der Waals surface area contributed by atoms with Gasteiger partial charge in [0.2, 0.25) is 5.82 Å². The predicted molar refractivity (Wildman–Crippen MR) is 102 cm³/mol. The zero-order valence-electron chi connectivity index (χ0n) is 14.3. The monoisotopic (exact) mass is 379 g/mol. The summed E-state index contributed by atoms with van der Waals surface area (Å²) in [5.41, 5.74) is 1.45. The van der Waals surface area contributed by atoms with Gasteiger partial charge in [-0.25, -0.2) is 19.0 Å². The van der Waals surface area contributed by atoms with E-state index < -0.39 is 5.91 Å². The molecule has 0 bridgehead atoms. The van der Waals surface area contributed by atoms with Crippen molar-refractivity contribution in [1.29, 1.82) is 0 Å². The first-order valence-electron chi connectivity index (χ1n) is 8.11. The quantitative estimate of drug-likeness (QED) is 0.580. The van der Waals surface area contributed by atoms with E-state index >= 15 is 0 Å². The first kappa shape index (κ1) is 17.0. The molecule has 0 aliphatic heterocycles. The summed E-state index contributed by atoms with van der Waals surface area (Å²) in [4.78, 5) is 22.1. The summed E-state index contributed by atoms with van der Waals surface area (Å²) in [6.07, 6.45) is 1.60. The third-order valence-corrected chi connectivity index (χ3v) is 4.73. The molecule has 0 aliphatic rings. The van der Waals surface area contributed by atoms with E-state index in [2.05, 4.69) is 20.4 Å². The maximum Gasteiger partial charge on any atom is 0.296 e. The molecule has 0 spiro atoms. The van der Waals surface area contributed by atoms with Crippen molar-refractivity contribution in [2.24, 2.45) is 0 Å². The number of hydrogen-bond donors (Lipinski definition) is 1. The van der Waals surface area contributed by atoms with E-state index in [4.69, 9.17) is 0 Å². The lowest BCUT2D eigenvalue weighted by Gasteiger charge is -2.04.